The van der Waals surface area contributed by atoms with Gasteiger partial charge in [0.1, 0.15) is 6.10 Å². The van der Waals surface area contributed by atoms with Crippen molar-refractivity contribution in [3.63, 3.8) is 0 Å². The van der Waals surface area contributed by atoms with Gasteiger partial charge >= 0.3 is 5.97 Å². The van der Waals surface area contributed by atoms with Crippen LogP contribution in [0, 0.1) is 11.8 Å². The van der Waals surface area contributed by atoms with Crippen molar-refractivity contribution in [3.8, 4) is 11.8 Å². The van der Waals surface area contributed by atoms with E-state index in [4.69, 9.17) is 5.11 Å². The van der Waals surface area contributed by atoms with Crippen LogP contribution in [0.15, 0.2) is 60.7 Å². The van der Waals surface area contributed by atoms with Crippen LogP contribution >= 0.6 is 0 Å². The highest BCUT2D eigenvalue weighted by Gasteiger charge is 2.40. The zero-order valence-corrected chi connectivity index (χ0v) is 24.4. The maximum atomic E-state index is 13.7. The van der Waals surface area contributed by atoms with Crippen molar-refractivity contribution in [3.05, 3.63) is 94.0 Å². The Morgan fingerprint density at radius 1 is 0.850 bits per heavy atom. The third-order valence-corrected chi connectivity index (χ3v) is 8.02. The third kappa shape index (κ3) is 5.76. The van der Waals surface area contributed by atoms with Crippen LogP contribution in [0.3, 0.4) is 0 Å². The van der Waals surface area contributed by atoms with Crippen molar-refractivity contribution >= 4 is 23.3 Å². The molecule has 4 rings (SSSR count). The first-order valence-electron chi connectivity index (χ1n) is 13.5. The molecular formula is C34H38N2O4. The monoisotopic (exact) mass is 538 g/mol. The van der Waals surface area contributed by atoms with Crippen LogP contribution in [-0.2, 0) is 10.8 Å². The first-order valence-corrected chi connectivity index (χ1v) is 13.5. The molecule has 6 nitrogen and oxygen atoms in total. The molecule has 208 valence electrons. The minimum absolute atomic E-state index is 0.122. The van der Waals surface area contributed by atoms with Gasteiger partial charge in [-0.25, -0.2) is 4.79 Å². The minimum Gasteiger partial charge on any atom is -0.478 e. The van der Waals surface area contributed by atoms with Crippen LogP contribution in [0.4, 0.5) is 11.4 Å². The van der Waals surface area contributed by atoms with Crippen LogP contribution in [0.5, 0.6) is 0 Å². The van der Waals surface area contributed by atoms with Gasteiger partial charge in [-0.3, -0.25) is 4.79 Å². The molecule has 0 heterocycles. The van der Waals surface area contributed by atoms with E-state index < -0.39 is 12.1 Å². The normalized spacial score (nSPS) is 15.7. The molecule has 6 heteroatoms. The van der Waals surface area contributed by atoms with Gasteiger partial charge in [0.15, 0.2) is 0 Å². The Hall–Kier alpha value is -4.08. The maximum Gasteiger partial charge on any atom is 0.335 e. The van der Waals surface area contributed by atoms with Crippen molar-refractivity contribution in [1.82, 2.24) is 0 Å². The number of carboxylic acid groups (broad SMARTS) is 1. The van der Waals surface area contributed by atoms with Crippen LogP contribution in [0.1, 0.15) is 89.6 Å². The molecular weight excluding hydrogens is 500 g/mol. The van der Waals surface area contributed by atoms with E-state index in [1.807, 2.05) is 55.4 Å². The fourth-order valence-electron chi connectivity index (χ4n) is 5.34. The Kier molecular flexibility index (Phi) is 7.83. The van der Waals surface area contributed by atoms with E-state index >= 15 is 0 Å². The highest BCUT2D eigenvalue weighted by Crippen LogP contribution is 2.50. The standard InChI is InChI=1S/C34H38N2O4/c1-33(2)18-19-34(3,4)30-27(33)20-25(29(37)17-10-22-8-11-24(12-9-22)32(39)40)21-28(30)36(7)31(38)23-13-15-26(16-14-23)35(5)6/h8-9,11-16,20-21,29,37H,18-19H2,1-7H3,(H,39,40). The van der Waals surface area contributed by atoms with E-state index in [9.17, 15) is 14.7 Å². The number of aliphatic hydroxyl groups is 1. The number of nitrogens with zero attached hydrogens (tertiary/aromatic N) is 2. The first kappa shape index (κ1) is 28.9. The number of carbonyl (C=O) groups excluding carboxylic acids is 1. The van der Waals surface area contributed by atoms with E-state index in [2.05, 4.69) is 39.5 Å². The molecule has 2 N–H and O–H groups in total. The van der Waals surface area contributed by atoms with Gasteiger partial charge in [-0.2, -0.15) is 0 Å². The summed E-state index contributed by atoms with van der Waals surface area (Å²) < 4.78 is 0. The Balaban J connectivity index is 1.78. The minimum atomic E-state index is -1.09. The van der Waals surface area contributed by atoms with Gasteiger partial charge in [0.25, 0.3) is 5.91 Å². The quantitative estimate of drug-likeness (QED) is 0.380. The number of hydrogen-bond donors (Lipinski definition) is 2. The summed E-state index contributed by atoms with van der Waals surface area (Å²) >= 11 is 0. The van der Waals surface area contributed by atoms with E-state index in [1.165, 1.54) is 12.1 Å². The molecule has 0 saturated heterocycles. The molecule has 3 aromatic carbocycles. The number of carboxylic acids is 1. The van der Waals surface area contributed by atoms with Gasteiger partial charge in [0.05, 0.1) is 5.56 Å². The Bertz CT molecular complexity index is 1490. The van der Waals surface area contributed by atoms with Crippen LogP contribution in [0.25, 0.3) is 0 Å². The van der Waals surface area contributed by atoms with Crippen LogP contribution in [0.2, 0.25) is 0 Å². The van der Waals surface area contributed by atoms with E-state index in [0.29, 0.717) is 16.7 Å². The molecule has 0 aromatic heterocycles. The second-order valence-corrected chi connectivity index (χ2v) is 12.1. The number of aliphatic hydroxyl groups excluding tert-OH is 1. The summed E-state index contributed by atoms with van der Waals surface area (Å²) in [6, 6.07) is 17.7. The summed E-state index contributed by atoms with van der Waals surface area (Å²) in [6.45, 7) is 8.84. The summed E-state index contributed by atoms with van der Waals surface area (Å²) in [4.78, 5) is 28.6. The predicted octanol–water partition coefficient (Wildman–Crippen LogP) is 6.16. The molecule has 1 atom stereocenters. The molecule has 1 aliphatic rings. The van der Waals surface area contributed by atoms with Crippen LogP contribution < -0.4 is 9.80 Å². The average Bonchev–Trinajstić information content (AvgIpc) is 2.93. The number of aromatic carboxylic acids is 1. The highest BCUT2D eigenvalue weighted by atomic mass is 16.4. The number of rotatable bonds is 5. The molecule has 0 bridgehead atoms. The summed E-state index contributed by atoms with van der Waals surface area (Å²) in [5, 5.41) is 20.3. The molecule has 0 aliphatic heterocycles. The molecule has 1 aliphatic carbocycles. The molecule has 40 heavy (non-hydrogen) atoms. The molecule has 0 radical (unpaired) electrons. The number of hydrogen-bond acceptors (Lipinski definition) is 4. The first-order chi connectivity index (χ1) is 18.7. The molecule has 1 unspecified atom stereocenters. The lowest BCUT2D eigenvalue weighted by atomic mass is 9.62. The summed E-state index contributed by atoms with van der Waals surface area (Å²) in [5.41, 5.74) is 5.72. The number of carbonyl (C=O) groups is 2. The number of benzene rings is 3. The Morgan fingerprint density at radius 2 is 1.43 bits per heavy atom. The lowest BCUT2D eigenvalue weighted by Crippen LogP contribution is -2.37. The van der Waals surface area contributed by atoms with Crippen LogP contribution in [-0.4, -0.2) is 43.2 Å². The Labute approximate surface area is 237 Å². The summed E-state index contributed by atoms with van der Waals surface area (Å²) in [5.74, 6) is 4.75. The van der Waals surface area contributed by atoms with Crippen molar-refractivity contribution in [2.75, 3.05) is 30.9 Å². The molecule has 0 spiro atoms. The average molecular weight is 539 g/mol. The lowest BCUT2D eigenvalue weighted by Gasteiger charge is -2.44. The molecule has 0 saturated carbocycles. The second-order valence-electron chi connectivity index (χ2n) is 12.1. The van der Waals surface area contributed by atoms with Gasteiger partial charge in [0.2, 0.25) is 0 Å². The van der Waals surface area contributed by atoms with Crippen molar-refractivity contribution in [2.24, 2.45) is 0 Å². The maximum absolute atomic E-state index is 13.7. The molecule has 3 aromatic rings. The number of anilines is 2. The van der Waals surface area contributed by atoms with Crippen molar-refractivity contribution in [1.29, 1.82) is 0 Å². The van der Waals surface area contributed by atoms with Crippen molar-refractivity contribution in [2.45, 2.75) is 57.5 Å². The Morgan fingerprint density at radius 3 is 2.00 bits per heavy atom. The number of fused-ring (bicyclic) bond motifs is 1. The van der Waals surface area contributed by atoms with Gasteiger partial charge in [-0.1, -0.05) is 45.6 Å². The van der Waals surface area contributed by atoms with Gasteiger partial charge in [-0.15, -0.1) is 0 Å². The van der Waals surface area contributed by atoms with E-state index in [0.717, 1.165) is 35.3 Å². The van der Waals surface area contributed by atoms with Gasteiger partial charge in [0, 0.05) is 43.6 Å². The van der Waals surface area contributed by atoms with Crippen molar-refractivity contribution < 1.29 is 19.8 Å². The second kappa shape index (κ2) is 10.8. The largest absolute Gasteiger partial charge is 0.478 e. The SMILES string of the molecule is CN(C)c1ccc(C(=O)N(C)c2cc(C(O)C#Cc3ccc(C(=O)O)cc3)cc3c2C(C)(C)CCC3(C)C)cc1. The fraction of sp³-hybridized carbons (Fsp3) is 0.353. The molecule has 1 amide bonds. The third-order valence-electron chi connectivity index (χ3n) is 8.02. The molecule has 0 fully saturated rings. The summed E-state index contributed by atoms with van der Waals surface area (Å²) in [7, 11) is 5.72. The topological polar surface area (TPSA) is 81.1 Å². The summed E-state index contributed by atoms with van der Waals surface area (Å²) in [6.07, 6.45) is 0.872. The highest BCUT2D eigenvalue weighted by molar-refractivity contribution is 6.06. The van der Waals surface area contributed by atoms with E-state index in [-0.39, 0.29) is 22.3 Å². The fourth-order valence-corrected chi connectivity index (χ4v) is 5.34. The van der Waals surface area contributed by atoms with E-state index in [1.54, 1.807) is 24.1 Å². The van der Waals surface area contributed by atoms with Gasteiger partial charge in [-0.05, 0) is 95.0 Å². The predicted molar refractivity (Wildman–Crippen MR) is 160 cm³/mol. The smallest absolute Gasteiger partial charge is 0.335 e. The number of amides is 1. The zero-order chi connectivity index (χ0) is 29.4. The lowest BCUT2D eigenvalue weighted by molar-refractivity contribution is 0.0696. The zero-order valence-electron chi connectivity index (χ0n) is 24.4. The van der Waals surface area contributed by atoms with Gasteiger partial charge < -0.3 is 20.0 Å².